The van der Waals surface area contributed by atoms with Crippen LogP contribution in [0.2, 0.25) is 0 Å². The zero-order chi connectivity index (χ0) is 24.5. The minimum Gasteiger partial charge on any atom is -0.454 e. The lowest BCUT2D eigenvalue weighted by molar-refractivity contribution is -0.134. The lowest BCUT2D eigenvalue weighted by Gasteiger charge is -2.36. The fourth-order valence-corrected chi connectivity index (χ4v) is 5.04. The number of halogens is 1. The standard InChI is InChI=1S/C28H27FN4O3/c29-22-8-4-5-9-24(22)32-14-12-31(13-15-32)18-28(34)33-25(17-23(30-33)20-6-2-1-3-7-20)21-10-11-26-27(16-21)36-19-35-26/h1-11,16,25H,12-15,17-19H2. The van der Waals surface area contributed by atoms with Gasteiger partial charge in [0, 0.05) is 32.6 Å². The first-order chi connectivity index (χ1) is 17.7. The summed E-state index contributed by atoms with van der Waals surface area (Å²) < 4.78 is 25.2. The highest BCUT2D eigenvalue weighted by molar-refractivity contribution is 6.03. The number of amides is 1. The third kappa shape index (κ3) is 4.40. The van der Waals surface area contributed by atoms with Crippen molar-refractivity contribution in [3.8, 4) is 11.5 Å². The van der Waals surface area contributed by atoms with E-state index in [-0.39, 0.29) is 31.1 Å². The van der Waals surface area contributed by atoms with E-state index in [2.05, 4.69) is 4.90 Å². The van der Waals surface area contributed by atoms with Gasteiger partial charge in [-0.2, -0.15) is 5.10 Å². The Morgan fingerprint density at radius 1 is 0.917 bits per heavy atom. The number of para-hydroxylation sites is 1. The Kier molecular flexibility index (Phi) is 6.03. The number of nitrogens with zero attached hydrogens (tertiary/aromatic N) is 4. The second kappa shape index (κ2) is 9.62. The number of hydrazone groups is 1. The number of hydrogen-bond donors (Lipinski definition) is 0. The number of ether oxygens (including phenoxy) is 2. The van der Waals surface area contributed by atoms with E-state index in [1.165, 1.54) is 6.07 Å². The summed E-state index contributed by atoms with van der Waals surface area (Å²) >= 11 is 0. The Labute approximate surface area is 209 Å². The van der Waals surface area contributed by atoms with Crippen molar-refractivity contribution in [2.45, 2.75) is 12.5 Å². The molecule has 0 aliphatic carbocycles. The average Bonchev–Trinajstić information content (AvgIpc) is 3.57. The molecule has 0 radical (unpaired) electrons. The fourth-order valence-electron chi connectivity index (χ4n) is 5.04. The normalized spacial score (nSPS) is 19.5. The quantitative estimate of drug-likeness (QED) is 0.545. The maximum atomic E-state index is 14.2. The maximum absolute atomic E-state index is 14.2. The van der Waals surface area contributed by atoms with E-state index < -0.39 is 0 Å². The third-order valence-electron chi connectivity index (χ3n) is 6.98. The van der Waals surface area contributed by atoms with Gasteiger partial charge in [-0.25, -0.2) is 9.40 Å². The van der Waals surface area contributed by atoms with Crippen molar-refractivity contribution in [2.24, 2.45) is 5.10 Å². The fraction of sp³-hybridized carbons (Fsp3) is 0.286. The zero-order valence-corrected chi connectivity index (χ0v) is 19.8. The van der Waals surface area contributed by atoms with Crippen molar-refractivity contribution >= 4 is 17.3 Å². The number of rotatable bonds is 5. The van der Waals surface area contributed by atoms with Crippen LogP contribution in [0.5, 0.6) is 11.5 Å². The molecule has 3 aromatic rings. The number of hydrogen-bond acceptors (Lipinski definition) is 6. The average molecular weight is 487 g/mol. The molecule has 6 rings (SSSR count). The van der Waals surface area contributed by atoms with Crippen LogP contribution in [0.15, 0.2) is 77.9 Å². The summed E-state index contributed by atoms with van der Waals surface area (Å²) in [6, 6.07) is 22.4. The minimum atomic E-state index is -0.220. The van der Waals surface area contributed by atoms with Gasteiger partial charge < -0.3 is 14.4 Å². The SMILES string of the molecule is O=C(CN1CCN(c2ccccc2F)CC1)N1N=C(c2ccccc2)CC1c1ccc2c(c1)OCO2. The lowest BCUT2D eigenvalue weighted by Crippen LogP contribution is -2.49. The highest BCUT2D eigenvalue weighted by atomic mass is 19.1. The molecular formula is C28H27FN4O3. The van der Waals surface area contributed by atoms with Crippen LogP contribution in [0.3, 0.4) is 0 Å². The van der Waals surface area contributed by atoms with Crippen LogP contribution in [0.1, 0.15) is 23.6 Å². The molecule has 184 valence electrons. The molecule has 0 saturated carbocycles. The number of fused-ring (bicyclic) bond motifs is 1. The van der Waals surface area contributed by atoms with E-state index in [0.29, 0.717) is 49.8 Å². The van der Waals surface area contributed by atoms with Crippen molar-refractivity contribution in [1.29, 1.82) is 0 Å². The molecule has 0 spiro atoms. The first-order valence-electron chi connectivity index (χ1n) is 12.2. The van der Waals surface area contributed by atoms with E-state index in [4.69, 9.17) is 14.6 Å². The Bertz CT molecular complexity index is 1290. The summed E-state index contributed by atoms with van der Waals surface area (Å²) in [6.07, 6.45) is 0.621. The van der Waals surface area contributed by atoms with Crippen LogP contribution in [0.25, 0.3) is 0 Å². The summed E-state index contributed by atoms with van der Waals surface area (Å²) in [5.74, 6) is 1.14. The summed E-state index contributed by atoms with van der Waals surface area (Å²) in [4.78, 5) is 17.7. The summed E-state index contributed by atoms with van der Waals surface area (Å²) in [5, 5.41) is 6.42. The summed E-state index contributed by atoms with van der Waals surface area (Å²) in [7, 11) is 0. The topological polar surface area (TPSA) is 57.6 Å². The Hall–Kier alpha value is -3.91. The van der Waals surface area contributed by atoms with Gasteiger partial charge in [0.05, 0.1) is 24.0 Å². The first kappa shape index (κ1) is 22.5. The van der Waals surface area contributed by atoms with Crippen molar-refractivity contribution in [3.05, 3.63) is 89.7 Å². The van der Waals surface area contributed by atoms with E-state index in [1.54, 1.807) is 17.1 Å². The molecule has 0 N–H and O–H groups in total. The van der Waals surface area contributed by atoms with E-state index in [1.807, 2.05) is 59.5 Å². The van der Waals surface area contributed by atoms with Crippen LogP contribution >= 0.6 is 0 Å². The molecule has 3 heterocycles. The largest absolute Gasteiger partial charge is 0.454 e. The second-order valence-electron chi connectivity index (χ2n) is 9.20. The molecule has 1 unspecified atom stereocenters. The molecule has 3 aromatic carbocycles. The molecule has 1 saturated heterocycles. The van der Waals surface area contributed by atoms with Crippen LogP contribution in [-0.4, -0.2) is 61.0 Å². The van der Waals surface area contributed by atoms with Gasteiger partial charge >= 0.3 is 0 Å². The van der Waals surface area contributed by atoms with Gasteiger partial charge in [0.25, 0.3) is 5.91 Å². The van der Waals surface area contributed by atoms with Gasteiger partial charge in [0.1, 0.15) is 5.82 Å². The number of benzene rings is 3. The smallest absolute Gasteiger partial charge is 0.257 e. The molecular weight excluding hydrogens is 459 g/mol. The highest BCUT2D eigenvalue weighted by Gasteiger charge is 2.35. The van der Waals surface area contributed by atoms with Gasteiger partial charge in [0.2, 0.25) is 6.79 Å². The molecule has 3 aliphatic heterocycles. The van der Waals surface area contributed by atoms with Gasteiger partial charge in [-0.3, -0.25) is 9.69 Å². The van der Waals surface area contributed by atoms with Gasteiger partial charge in [-0.05, 0) is 35.4 Å². The molecule has 1 fully saturated rings. The molecule has 8 heteroatoms. The number of piperazine rings is 1. The Morgan fingerprint density at radius 3 is 2.47 bits per heavy atom. The molecule has 1 atom stereocenters. The van der Waals surface area contributed by atoms with Crippen molar-refractivity contribution in [3.63, 3.8) is 0 Å². The van der Waals surface area contributed by atoms with Gasteiger partial charge in [0.15, 0.2) is 11.5 Å². The summed E-state index contributed by atoms with van der Waals surface area (Å²) in [6.45, 7) is 3.15. The number of carbonyl (C=O) groups excluding carboxylic acids is 1. The van der Waals surface area contributed by atoms with E-state index >= 15 is 0 Å². The van der Waals surface area contributed by atoms with Crippen LogP contribution in [0, 0.1) is 5.82 Å². The van der Waals surface area contributed by atoms with Gasteiger partial charge in [-0.1, -0.05) is 48.5 Å². The molecule has 36 heavy (non-hydrogen) atoms. The number of carbonyl (C=O) groups is 1. The number of anilines is 1. The second-order valence-corrected chi connectivity index (χ2v) is 9.20. The molecule has 7 nitrogen and oxygen atoms in total. The van der Waals surface area contributed by atoms with Gasteiger partial charge in [-0.15, -0.1) is 0 Å². The molecule has 0 aromatic heterocycles. The van der Waals surface area contributed by atoms with E-state index in [9.17, 15) is 9.18 Å². The summed E-state index contributed by atoms with van der Waals surface area (Å²) in [5.41, 5.74) is 3.47. The Morgan fingerprint density at radius 2 is 1.67 bits per heavy atom. The van der Waals surface area contributed by atoms with Crippen LogP contribution < -0.4 is 14.4 Å². The van der Waals surface area contributed by atoms with E-state index in [0.717, 1.165) is 16.8 Å². The minimum absolute atomic E-state index is 0.0528. The van der Waals surface area contributed by atoms with Crippen molar-refractivity contribution in [1.82, 2.24) is 9.91 Å². The molecule has 3 aliphatic rings. The third-order valence-corrected chi connectivity index (χ3v) is 6.98. The van der Waals surface area contributed by atoms with Crippen molar-refractivity contribution < 1.29 is 18.7 Å². The predicted molar refractivity (Wildman–Crippen MR) is 135 cm³/mol. The zero-order valence-electron chi connectivity index (χ0n) is 19.8. The Balaban J connectivity index is 1.19. The molecule has 1 amide bonds. The van der Waals surface area contributed by atoms with Crippen molar-refractivity contribution in [2.75, 3.05) is 44.4 Å². The highest BCUT2D eigenvalue weighted by Crippen LogP contribution is 2.39. The van der Waals surface area contributed by atoms with Crippen LogP contribution in [-0.2, 0) is 4.79 Å². The molecule has 0 bridgehead atoms. The predicted octanol–water partition coefficient (Wildman–Crippen LogP) is 4.05. The monoisotopic (exact) mass is 486 g/mol. The lowest BCUT2D eigenvalue weighted by atomic mass is 9.98. The first-order valence-corrected chi connectivity index (χ1v) is 12.2. The van der Waals surface area contributed by atoms with Crippen LogP contribution in [0.4, 0.5) is 10.1 Å². The maximum Gasteiger partial charge on any atom is 0.257 e.